The first-order valence-corrected chi connectivity index (χ1v) is 6.59. The molecule has 92 valence electrons. The fourth-order valence-corrected chi connectivity index (χ4v) is 2.78. The Hall–Kier alpha value is -1.86. The molecule has 2 aromatic rings. The fraction of sp³-hybridized carbons (Fsp3) is 0.286. The Morgan fingerprint density at radius 1 is 1.33 bits per heavy atom. The molecular weight excluding hydrogens is 242 g/mol. The SMILES string of the molecule is Cc1ccccc1C(C)Nc1snc(C)c1C#N. The van der Waals surface area contributed by atoms with Crippen LogP contribution in [0.5, 0.6) is 0 Å². The van der Waals surface area contributed by atoms with E-state index in [0.717, 1.165) is 10.7 Å². The molecule has 0 aliphatic carbocycles. The lowest BCUT2D eigenvalue weighted by Gasteiger charge is -2.16. The Morgan fingerprint density at radius 3 is 2.72 bits per heavy atom. The molecule has 4 heteroatoms. The molecule has 2 rings (SSSR count). The van der Waals surface area contributed by atoms with Crippen molar-refractivity contribution in [3.63, 3.8) is 0 Å². The quantitative estimate of drug-likeness (QED) is 0.909. The molecule has 1 atom stereocenters. The second kappa shape index (κ2) is 5.19. The molecule has 0 radical (unpaired) electrons. The standard InChI is InChI=1S/C14H15N3S/c1-9-6-4-5-7-12(9)10(2)16-14-13(8-15)11(3)17-18-14/h4-7,10,16H,1-3H3. The molecule has 1 N–H and O–H groups in total. The minimum Gasteiger partial charge on any atom is -0.368 e. The molecule has 1 aromatic carbocycles. The predicted octanol–water partition coefficient (Wildman–Crippen LogP) is 3.80. The Morgan fingerprint density at radius 2 is 2.06 bits per heavy atom. The van der Waals surface area contributed by atoms with E-state index >= 15 is 0 Å². The van der Waals surface area contributed by atoms with Crippen molar-refractivity contribution in [3.8, 4) is 6.07 Å². The lowest BCUT2D eigenvalue weighted by molar-refractivity contribution is 0.878. The van der Waals surface area contributed by atoms with Crippen molar-refractivity contribution in [1.82, 2.24) is 4.37 Å². The third kappa shape index (κ3) is 2.36. The summed E-state index contributed by atoms with van der Waals surface area (Å²) in [7, 11) is 0. The Bertz CT molecular complexity index is 595. The number of benzene rings is 1. The molecule has 0 aliphatic rings. The van der Waals surface area contributed by atoms with Crippen LogP contribution in [0.3, 0.4) is 0 Å². The summed E-state index contributed by atoms with van der Waals surface area (Å²) in [6.45, 7) is 6.05. The molecular formula is C14H15N3S. The summed E-state index contributed by atoms with van der Waals surface area (Å²) in [5.74, 6) is 0. The lowest BCUT2D eigenvalue weighted by atomic mass is 10.0. The summed E-state index contributed by atoms with van der Waals surface area (Å²) in [5, 5.41) is 13.3. The van der Waals surface area contributed by atoms with Gasteiger partial charge in [0.1, 0.15) is 16.6 Å². The van der Waals surface area contributed by atoms with E-state index in [1.807, 2.05) is 19.1 Å². The zero-order valence-corrected chi connectivity index (χ0v) is 11.5. The van der Waals surface area contributed by atoms with Gasteiger partial charge in [-0.15, -0.1) is 0 Å². The summed E-state index contributed by atoms with van der Waals surface area (Å²) in [5.41, 5.74) is 3.94. The van der Waals surface area contributed by atoms with Gasteiger partial charge in [0.05, 0.1) is 5.69 Å². The monoisotopic (exact) mass is 257 g/mol. The first-order valence-electron chi connectivity index (χ1n) is 5.82. The largest absolute Gasteiger partial charge is 0.368 e. The summed E-state index contributed by atoms with van der Waals surface area (Å²) in [6.07, 6.45) is 0. The van der Waals surface area contributed by atoms with Crippen molar-refractivity contribution < 1.29 is 0 Å². The highest BCUT2D eigenvalue weighted by molar-refractivity contribution is 7.10. The highest BCUT2D eigenvalue weighted by Crippen LogP contribution is 2.28. The molecule has 18 heavy (non-hydrogen) atoms. The van der Waals surface area contributed by atoms with Crippen LogP contribution in [0.1, 0.15) is 35.3 Å². The molecule has 1 aromatic heterocycles. The zero-order chi connectivity index (χ0) is 13.1. The van der Waals surface area contributed by atoms with E-state index in [1.165, 1.54) is 22.7 Å². The van der Waals surface area contributed by atoms with Crippen molar-refractivity contribution in [2.45, 2.75) is 26.8 Å². The van der Waals surface area contributed by atoms with Gasteiger partial charge in [0.2, 0.25) is 0 Å². The Labute approximate surface area is 111 Å². The van der Waals surface area contributed by atoms with Crippen LogP contribution in [0.4, 0.5) is 5.00 Å². The zero-order valence-electron chi connectivity index (χ0n) is 10.7. The minimum atomic E-state index is 0.165. The van der Waals surface area contributed by atoms with Gasteiger partial charge < -0.3 is 5.32 Å². The molecule has 1 heterocycles. The fourth-order valence-electron chi connectivity index (χ4n) is 1.95. The van der Waals surface area contributed by atoms with E-state index in [4.69, 9.17) is 5.26 Å². The third-order valence-corrected chi connectivity index (χ3v) is 3.85. The number of anilines is 1. The first-order chi connectivity index (χ1) is 8.63. The number of nitrogens with one attached hydrogen (secondary N) is 1. The van der Waals surface area contributed by atoms with E-state index in [0.29, 0.717) is 5.56 Å². The number of hydrogen-bond donors (Lipinski definition) is 1. The predicted molar refractivity (Wildman–Crippen MR) is 74.8 cm³/mol. The number of nitrogens with zero attached hydrogens (tertiary/aromatic N) is 2. The summed E-state index contributed by atoms with van der Waals surface area (Å²) in [4.78, 5) is 0. The topological polar surface area (TPSA) is 48.7 Å². The van der Waals surface area contributed by atoms with Gasteiger partial charge in [0.15, 0.2) is 0 Å². The Balaban J connectivity index is 2.25. The molecule has 0 aliphatic heterocycles. The van der Waals surface area contributed by atoms with Crippen LogP contribution in [0.2, 0.25) is 0 Å². The number of hydrogen-bond acceptors (Lipinski definition) is 4. The van der Waals surface area contributed by atoms with E-state index in [1.54, 1.807) is 0 Å². The molecule has 0 fully saturated rings. The highest BCUT2D eigenvalue weighted by atomic mass is 32.1. The van der Waals surface area contributed by atoms with Gasteiger partial charge >= 0.3 is 0 Å². The van der Waals surface area contributed by atoms with Crippen molar-refractivity contribution in [1.29, 1.82) is 5.26 Å². The van der Waals surface area contributed by atoms with Gasteiger partial charge in [-0.3, -0.25) is 0 Å². The van der Waals surface area contributed by atoms with E-state index < -0.39 is 0 Å². The number of aromatic nitrogens is 1. The summed E-state index contributed by atoms with van der Waals surface area (Å²) < 4.78 is 4.21. The van der Waals surface area contributed by atoms with Crippen LogP contribution in [0.15, 0.2) is 24.3 Å². The summed E-state index contributed by atoms with van der Waals surface area (Å²) >= 11 is 1.35. The number of rotatable bonds is 3. The smallest absolute Gasteiger partial charge is 0.128 e. The maximum absolute atomic E-state index is 9.10. The third-order valence-electron chi connectivity index (χ3n) is 2.98. The first kappa shape index (κ1) is 12.6. The van der Waals surface area contributed by atoms with Crippen molar-refractivity contribution in [3.05, 3.63) is 46.6 Å². The van der Waals surface area contributed by atoms with Gasteiger partial charge in [0, 0.05) is 6.04 Å². The van der Waals surface area contributed by atoms with Crippen LogP contribution >= 0.6 is 11.5 Å². The van der Waals surface area contributed by atoms with Crippen LogP contribution in [-0.4, -0.2) is 4.37 Å². The molecule has 0 amide bonds. The second-order valence-electron chi connectivity index (χ2n) is 4.31. The molecule has 0 bridgehead atoms. The maximum atomic E-state index is 9.10. The van der Waals surface area contributed by atoms with Crippen molar-refractivity contribution in [2.24, 2.45) is 0 Å². The lowest BCUT2D eigenvalue weighted by Crippen LogP contribution is -2.07. The van der Waals surface area contributed by atoms with Crippen molar-refractivity contribution >= 4 is 16.5 Å². The number of aryl methyl sites for hydroxylation is 2. The molecule has 3 nitrogen and oxygen atoms in total. The van der Waals surface area contributed by atoms with Gasteiger partial charge in [0.25, 0.3) is 0 Å². The highest BCUT2D eigenvalue weighted by Gasteiger charge is 2.14. The molecule has 1 unspecified atom stereocenters. The maximum Gasteiger partial charge on any atom is 0.128 e. The normalized spacial score (nSPS) is 11.9. The van der Waals surface area contributed by atoms with Gasteiger partial charge in [-0.05, 0) is 43.4 Å². The van der Waals surface area contributed by atoms with Crippen LogP contribution in [0.25, 0.3) is 0 Å². The molecule has 0 spiro atoms. The average Bonchev–Trinajstić information content (AvgIpc) is 2.70. The minimum absolute atomic E-state index is 0.165. The van der Waals surface area contributed by atoms with E-state index in [-0.39, 0.29) is 6.04 Å². The molecule has 0 saturated carbocycles. The Kier molecular flexibility index (Phi) is 3.63. The van der Waals surface area contributed by atoms with Crippen LogP contribution < -0.4 is 5.32 Å². The molecule has 0 saturated heterocycles. The van der Waals surface area contributed by atoms with Crippen LogP contribution in [0, 0.1) is 25.2 Å². The summed E-state index contributed by atoms with van der Waals surface area (Å²) in [6, 6.07) is 10.6. The van der Waals surface area contributed by atoms with E-state index in [9.17, 15) is 0 Å². The van der Waals surface area contributed by atoms with Crippen LogP contribution in [-0.2, 0) is 0 Å². The van der Waals surface area contributed by atoms with Gasteiger partial charge in [-0.2, -0.15) is 9.64 Å². The van der Waals surface area contributed by atoms with Gasteiger partial charge in [-0.25, -0.2) is 0 Å². The van der Waals surface area contributed by atoms with Crippen molar-refractivity contribution in [2.75, 3.05) is 5.32 Å². The average molecular weight is 257 g/mol. The van der Waals surface area contributed by atoms with E-state index in [2.05, 4.69) is 41.7 Å². The second-order valence-corrected chi connectivity index (χ2v) is 5.08. The number of nitriles is 1. The van der Waals surface area contributed by atoms with Gasteiger partial charge in [-0.1, -0.05) is 24.3 Å².